The van der Waals surface area contributed by atoms with E-state index in [4.69, 9.17) is 18.9 Å². The molecule has 0 rings (SSSR count). The average molecular weight is 1470 g/mol. The molecule has 2 unspecified atom stereocenters. The van der Waals surface area contributed by atoms with Gasteiger partial charge in [0.25, 0.3) is 6.29 Å². The van der Waals surface area contributed by atoms with Crippen LogP contribution in [0.25, 0.3) is 0 Å². The molecule has 9 heteroatoms. The monoisotopic (exact) mass is 1470 g/mol. The number of quaternary nitrogens is 1. The molecule has 0 aliphatic rings. The van der Waals surface area contributed by atoms with Gasteiger partial charge in [-0.05, 0) is 64.2 Å². The average Bonchev–Trinajstić information content (AvgIpc) is 1.18. The van der Waals surface area contributed by atoms with E-state index in [-0.39, 0.29) is 38.2 Å². The maximum atomic E-state index is 13.0. The second kappa shape index (κ2) is 86.3. The third kappa shape index (κ3) is 87.8. The third-order valence-electron chi connectivity index (χ3n) is 21.0. The van der Waals surface area contributed by atoms with Crippen molar-refractivity contribution in [3.63, 3.8) is 0 Å². The predicted molar refractivity (Wildman–Crippen MR) is 456 cm³/mol. The maximum Gasteiger partial charge on any atom is 0.361 e. The molecule has 0 aliphatic carbocycles. The van der Waals surface area contributed by atoms with Crippen LogP contribution in [0, 0.1) is 0 Å². The smallest absolute Gasteiger partial charge is 0.361 e. The van der Waals surface area contributed by atoms with Gasteiger partial charge in [-0.15, -0.1) is 0 Å². The molecule has 9 nitrogen and oxygen atoms in total. The summed E-state index contributed by atoms with van der Waals surface area (Å²) in [6, 6.07) is 0. The van der Waals surface area contributed by atoms with Crippen LogP contribution in [-0.4, -0.2) is 87.4 Å². The van der Waals surface area contributed by atoms with E-state index >= 15 is 0 Å². The van der Waals surface area contributed by atoms with Crippen molar-refractivity contribution in [1.29, 1.82) is 0 Å². The van der Waals surface area contributed by atoms with Crippen LogP contribution in [0.5, 0.6) is 0 Å². The van der Waals surface area contributed by atoms with Crippen LogP contribution in [0.1, 0.15) is 463 Å². The molecule has 0 saturated carbocycles. The molecule has 0 radical (unpaired) electrons. The van der Waals surface area contributed by atoms with E-state index in [1.165, 1.54) is 360 Å². The van der Waals surface area contributed by atoms with Gasteiger partial charge in [-0.3, -0.25) is 9.59 Å². The largest absolute Gasteiger partial charge is 0.477 e. The first-order valence-electron chi connectivity index (χ1n) is 46.1. The molecule has 1 N–H and O–H groups in total. The maximum absolute atomic E-state index is 13.0. The lowest BCUT2D eigenvalue weighted by Gasteiger charge is -2.25. The molecular weight excluding hydrogens is 1300 g/mol. The normalized spacial score (nSPS) is 12.9. The fraction of sp³-hybridized carbons (Fsp3) is 0.844. The van der Waals surface area contributed by atoms with Gasteiger partial charge in [0.2, 0.25) is 0 Å². The summed E-state index contributed by atoms with van der Waals surface area (Å²) in [5, 5.41) is 9.80. The Bertz CT molecular complexity index is 1970. The van der Waals surface area contributed by atoms with Gasteiger partial charge in [0, 0.05) is 12.8 Å². The molecule has 0 saturated heterocycles. The Morgan fingerprint density at radius 1 is 0.295 bits per heavy atom. The van der Waals surface area contributed by atoms with Crippen LogP contribution in [-0.2, 0) is 33.3 Å². The van der Waals surface area contributed by atoms with Gasteiger partial charge in [-0.25, -0.2) is 4.79 Å². The van der Waals surface area contributed by atoms with Gasteiger partial charge < -0.3 is 28.5 Å². The van der Waals surface area contributed by atoms with Crippen LogP contribution in [0.4, 0.5) is 0 Å². The van der Waals surface area contributed by atoms with Crippen LogP contribution < -0.4 is 0 Å². The molecule has 0 bridgehead atoms. The number of hydrogen-bond donors (Lipinski definition) is 1. The summed E-state index contributed by atoms with van der Waals surface area (Å²) in [5.74, 6) is -1.97. The topological polar surface area (TPSA) is 108 Å². The molecule has 0 fully saturated rings. The lowest BCUT2D eigenvalue weighted by molar-refractivity contribution is -0.870. The Morgan fingerprint density at radius 3 is 0.810 bits per heavy atom. The number of aliphatic carboxylic acids is 1. The van der Waals surface area contributed by atoms with Crippen LogP contribution in [0.2, 0.25) is 0 Å². The second-order valence-electron chi connectivity index (χ2n) is 32.6. The van der Waals surface area contributed by atoms with E-state index in [1.54, 1.807) is 0 Å². The zero-order valence-corrected chi connectivity index (χ0v) is 70.7. The van der Waals surface area contributed by atoms with E-state index in [0.29, 0.717) is 17.4 Å². The zero-order chi connectivity index (χ0) is 76.0. The van der Waals surface area contributed by atoms with Crippen LogP contribution >= 0.6 is 0 Å². The highest BCUT2D eigenvalue weighted by atomic mass is 16.7. The lowest BCUT2D eigenvalue weighted by atomic mass is 10.0. The number of hydrogen-bond acceptors (Lipinski definition) is 7. The number of esters is 2. The van der Waals surface area contributed by atoms with Crippen molar-refractivity contribution in [3.05, 3.63) is 72.9 Å². The van der Waals surface area contributed by atoms with Gasteiger partial charge in [0.05, 0.1) is 34.4 Å². The minimum absolute atomic E-state index is 0.176. The number of nitrogens with zero attached hydrogens (tertiary/aromatic N) is 1. The number of ether oxygens (including phenoxy) is 4. The van der Waals surface area contributed by atoms with Crippen molar-refractivity contribution in [2.24, 2.45) is 0 Å². The molecular formula is C96H178NO8+. The molecule has 0 aromatic heterocycles. The fourth-order valence-corrected chi connectivity index (χ4v) is 14.0. The quantitative estimate of drug-likeness (QED) is 0.0211. The Kier molecular flexibility index (Phi) is 83.6. The summed E-state index contributed by atoms with van der Waals surface area (Å²) >= 11 is 0. The number of carbonyl (C=O) groups is 3. The van der Waals surface area contributed by atoms with E-state index in [1.807, 2.05) is 21.1 Å². The molecule has 0 spiro atoms. The second-order valence-corrected chi connectivity index (χ2v) is 32.6. The molecule has 0 aromatic rings. The number of carboxylic acid groups (broad SMARTS) is 1. The van der Waals surface area contributed by atoms with Gasteiger partial charge in [0.15, 0.2) is 6.10 Å². The van der Waals surface area contributed by atoms with Crippen molar-refractivity contribution in [2.45, 2.75) is 476 Å². The SMILES string of the molecule is CC/C=C\C/C=C\C/C=C\C/C=C\C/C=C\C/C=C\CCCCCCCCCCCCCCCCCCCCCCCCC(=O)OC(COC(=O)CCCCCCCCCCCCCCCCCCCCCCCCCCCCCCCCCCCCCCCCC)COC(OCC[N+](C)(C)C)C(=O)O. The summed E-state index contributed by atoms with van der Waals surface area (Å²) in [6.07, 6.45) is 116. The van der Waals surface area contributed by atoms with E-state index in [2.05, 4.69) is 86.8 Å². The molecule has 0 amide bonds. The number of unbranched alkanes of at least 4 members (excludes halogenated alkanes) is 60. The highest BCUT2D eigenvalue weighted by molar-refractivity contribution is 5.71. The van der Waals surface area contributed by atoms with Crippen molar-refractivity contribution in [3.8, 4) is 0 Å². The first-order valence-corrected chi connectivity index (χ1v) is 46.1. The van der Waals surface area contributed by atoms with E-state index in [0.717, 1.165) is 77.0 Å². The minimum Gasteiger partial charge on any atom is -0.477 e. The Labute approximate surface area is 653 Å². The molecule has 0 aliphatic heterocycles. The van der Waals surface area contributed by atoms with Crippen molar-refractivity contribution in [1.82, 2.24) is 0 Å². The van der Waals surface area contributed by atoms with E-state index < -0.39 is 18.4 Å². The number of likely N-dealkylation sites (N-methyl/N-ethyl adjacent to an activating group) is 1. The van der Waals surface area contributed by atoms with Gasteiger partial charge >= 0.3 is 17.9 Å². The van der Waals surface area contributed by atoms with Gasteiger partial charge in [-0.1, -0.05) is 459 Å². The lowest BCUT2D eigenvalue weighted by Crippen LogP contribution is -2.40. The van der Waals surface area contributed by atoms with E-state index in [9.17, 15) is 19.5 Å². The number of allylic oxidation sites excluding steroid dienone is 12. The molecule has 0 heterocycles. The predicted octanol–water partition coefficient (Wildman–Crippen LogP) is 30.3. The Balaban J connectivity index is 3.89. The number of rotatable bonds is 87. The van der Waals surface area contributed by atoms with Crippen LogP contribution in [0.15, 0.2) is 72.9 Å². The van der Waals surface area contributed by atoms with Crippen molar-refractivity contribution in [2.75, 3.05) is 47.5 Å². The molecule has 105 heavy (non-hydrogen) atoms. The molecule has 2 atom stereocenters. The van der Waals surface area contributed by atoms with Crippen molar-refractivity contribution < 1.29 is 42.9 Å². The summed E-state index contributed by atoms with van der Waals surface area (Å²) in [4.78, 5) is 37.8. The standard InChI is InChI=1S/C96H177NO8/c1-6-8-10-12-14-16-18-20-22-24-26-28-30-32-34-36-38-40-42-44-46-47-49-51-53-55-57-59-61-63-65-67-69-71-73-75-77-79-81-83-85-87-94(99)105-92(91-104-96(95(100)101)102-89-88-97(3,4)5)90-103-93(98)86-84-82-80-78-76-74-72-70-68-66-64-62-60-58-56-54-52-50-48-45-43-41-39-37-35-33-31-29-27-25-23-21-19-17-15-13-11-9-7-2/h8,10,14,16,20,22,26,28,32,34,38,40,92,96H,6-7,9,11-13,15,17-19,21,23-25,27,29-31,33,35-37,39,41-91H2,1-5H3/p+1/b10-8-,16-14-,22-20-,28-26-,34-32-,40-38-. The highest BCUT2D eigenvalue weighted by Crippen LogP contribution is 2.21. The summed E-state index contributed by atoms with van der Waals surface area (Å²) < 4.78 is 23.1. The number of carboxylic acids is 1. The minimum atomic E-state index is -1.51. The van der Waals surface area contributed by atoms with Crippen LogP contribution in [0.3, 0.4) is 0 Å². The molecule has 0 aromatic carbocycles. The first-order chi connectivity index (χ1) is 51.6. The van der Waals surface area contributed by atoms with Crippen molar-refractivity contribution >= 4 is 17.9 Å². The summed E-state index contributed by atoms with van der Waals surface area (Å²) in [6.45, 7) is 4.85. The zero-order valence-electron chi connectivity index (χ0n) is 70.7. The fourth-order valence-electron chi connectivity index (χ4n) is 14.0. The first kappa shape index (κ1) is 102. The summed E-state index contributed by atoms with van der Waals surface area (Å²) in [7, 11) is 6.00. The third-order valence-corrected chi connectivity index (χ3v) is 21.0. The summed E-state index contributed by atoms with van der Waals surface area (Å²) in [5.41, 5.74) is 0. The number of carbonyl (C=O) groups excluding carboxylic acids is 2. The Morgan fingerprint density at radius 2 is 0.543 bits per heavy atom. The van der Waals surface area contributed by atoms with Gasteiger partial charge in [0.1, 0.15) is 13.2 Å². The Hall–Kier alpha value is -3.27. The molecule has 614 valence electrons. The highest BCUT2D eigenvalue weighted by Gasteiger charge is 2.25. The van der Waals surface area contributed by atoms with Gasteiger partial charge in [-0.2, -0.15) is 0 Å².